The second-order valence-electron chi connectivity index (χ2n) is 1.57. The van der Waals surface area contributed by atoms with Crippen molar-refractivity contribution in [3.63, 3.8) is 0 Å². The monoisotopic (exact) mass is 346 g/mol. The minimum atomic E-state index is -3.93. The van der Waals surface area contributed by atoms with Crippen molar-refractivity contribution in [2.24, 2.45) is 0 Å². The summed E-state index contributed by atoms with van der Waals surface area (Å²) in [6.07, 6.45) is -0.153. The molecule has 0 unspecified atom stereocenters. The minimum absolute atomic E-state index is 0.153. The van der Waals surface area contributed by atoms with Gasteiger partial charge in [-0.3, -0.25) is 0 Å². The molecule has 0 amide bonds. The van der Waals surface area contributed by atoms with Crippen LogP contribution in [0.3, 0.4) is 0 Å². The molecule has 0 aromatic carbocycles. The van der Waals surface area contributed by atoms with Crippen LogP contribution in [0.25, 0.3) is 0 Å². The first-order valence-electron chi connectivity index (χ1n) is 1.94. The Bertz CT molecular complexity index is 82.2. The fraction of sp³-hybridized carbons (Fsp3) is 1.00. The molecule has 0 spiro atoms. The van der Waals surface area contributed by atoms with Gasteiger partial charge in [-0.15, -0.1) is 0 Å². The Balaban J connectivity index is 3.75. The van der Waals surface area contributed by atoms with Gasteiger partial charge < -0.3 is 0 Å². The van der Waals surface area contributed by atoms with Gasteiger partial charge in [-0.2, -0.15) is 0 Å². The summed E-state index contributed by atoms with van der Waals surface area (Å²) in [4.78, 5) is 25.5. The molecule has 0 atom stereocenters. The Labute approximate surface area is 78.4 Å². The van der Waals surface area contributed by atoms with E-state index in [0.29, 0.717) is 0 Å². The maximum absolute atomic E-state index is 8.51. The van der Waals surface area contributed by atoms with Crippen molar-refractivity contribution >= 4 is 55.7 Å². The normalized spacial score (nSPS) is 15.8. The van der Waals surface area contributed by atoms with Crippen LogP contribution in [-0.4, -0.2) is 23.0 Å². The molecule has 3 N–H and O–H groups in total. The Hall–Kier alpha value is 1.75. The van der Waals surface area contributed by atoms with Gasteiger partial charge in [0.2, 0.25) is 0 Å². The van der Waals surface area contributed by atoms with Gasteiger partial charge in [-0.05, 0) is 0 Å². The van der Waals surface area contributed by atoms with Crippen LogP contribution < -0.4 is 0 Å². The summed E-state index contributed by atoms with van der Waals surface area (Å²) in [6, 6.07) is 0. The maximum atomic E-state index is 8.51. The summed E-state index contributed by atoms with van der Waals surface area (Å²) in [7, 11) is -3.93. The summed E-state index contributed by atoms with van der Waals surface area (Å²) in [6.45, 7) is 0. The molecule has 9 heavy (non-hydrogen) atoms. The number of alkyl halides is 3. The van der Waals surface area contributed by atoms with Crippen molar-refractivity contribution in [2.45, 2.75) is 2.14 Å². The molecule has 0 aromatic rings. The molecule has 0 aliphatic heterocycles. The van der Waals surface area contributed by atoms with E-state index in [2.05, 4.69) is 47.8 Å². The van der Waals surface area contributed by atoms with E-state index in [0.717, 1.165) is 0 Å². The molecular weight excluding hydrogens is 343 g/mol. The zero-order valence-electron chi connectivity index (χ0n) is 4.18. The van der Waals surface area contributed by atoms with Crippen LogP contribution in [-0.2, 0) is 0 Å². The molecule has 0 radical (unpaired) electrons. The quantitative estimate of drug-likeness (QED) is 0.494. The standard InChI is InChI=1S/C2H6Br3O3P/c3-2(4,5)1-9(6,7)8/h6-9H,1H2. The van der Waals surface area contributed by atoms with Crippen LogP contribution in [0.1, 0.15) is 0 Å². The van der Waals surface area contributed by atoms with E-state index in [9.17, 15) is 0 Å². The Morgan fingerprint density at radius 1 is 1.11 bits per heavy atom. The van der Waals surface area contributed by atoms with E-state index in [1.165, 1.54) is 0 Å². The van der Waals surface area contributed by atoms with E-state index < -0.39 is 10.1 Å². The predicted octanol–water partition coefficient (Wildman–Crippen LogP) is 1.30. The SMILES string of the molecule is O[PH](O)(O)CC(Br)(Br)Br. The van der Waals surface area contributed by atoms with Crippen LogP contribution in [0.4, 0.5) is 0 Å². The van der Waals surface area contributed by atoms with Gasteiger partial charge in [0, 0.05) is 0 Å². The third kappa shape index (κ3) is 9.75. The van der Waals surface area contributed by atoms with E-state index >= 15 is 0 Å². The second kappa shape index (κ2) is 3.43. The van der Waals surface area contributed by atoms with E-state index in [1.54, 1.807) is 0 Å². The van der Waals surface area contributed by atoms with Crippen molar-refractivity contribution in [3.05, 3.63) is 0 Å². The summed E-state index contributed by atoms with van der Waals surface area (Å²) in [5.74, 6) is 0. The number of halogens is 3. The van der Waals surface area contributed by atoms with Crippen LogP contribution in [0, 0.1) is 0 Å². The zero-order chi connectivity index (χ0) is 7.71. The van der Waals surface area contributed by atoms with Crippen molar-refractivity contribution in [2.75, 3.05) is 6.16 Å². The molecule has 3 nitrogen and oxygen atoms in total. The zero-order valence-corrected chi connectivity index (χ0v) is 9.94. The van der Waals surface area contributed by atoms with Gasteiger partial charge in [0.15, 0.2) is 0 Å². The molecule has 58 valence electrons. The summed E-state index contributed by atoms with van der Waals surface area (Å²) < 4.78 is -0.766. The van der Waals surface area contributed by atoms with Gasteiger partial charge >= 0.3 is 78.7 Å². The van der Waals surface area contributed by atoms with Gasteiger partial charge in [-0.25, -0.2) is 0 Å². The Morgan fingerprint density at radius 3 is 1.44 bits per heavy atom. The number of hydrogen-bond acceptors (Lipinski definition) is 3. The molecule has 7 heteroatoms. The topological polar surface area (TPSA) is 60.7 Å². The predicted molar refractivity (Wildman–Crippen MR) is 49.4 cm³/mol. The van der Waals surface area contributed by atoms with Crippen LogP contribution in [0.5, 0.6) is 0 Å². The second-order valence-corrected chi connectivity index (χ2v) is 10.7. The molecule has 0 aromatic heterocycles. The molecule has 0 saturated heterocycles. The Kier molecular flexibility index (Phi) is 4.10. The van der Waals surface area contributed by atoms with Crippen molar-refractivity contribution in [1.29, 1.82) is 0 Å². The first-order valence-corrected chi connectivity index (χ1v) is 6.37. The third-order valence-corrected chi connectivity index (χ3v) is 3.84. The van der Waals surface area contributed by atoms with Crippen LogP contribution in [0.2, 0.25) is 0 Å². The first kappa shape index (κ1) is 10.8. The van der Waals surface area contributed by atoms with E-state index in [1.807, 2.05) is 0 Å². The molecule has 0 rings (SSSR count). The number of hydrogen-bond donors (Lipinski definition) is 3. The average molecular weight is 349 g/mol. The fourth-order valence-corrected chi connectivity index (χ4v) is 4.19. The molecule has 0 fully saturated rings. The molecule has 0 bridgehead atoms. The number of rotatable bonds is 1. The molecule has 0 saturated carbocycles. The molecule has 0 aliphatic carbocycles. The van der Waals surface area contributed by atoms with Gasteiger partial charge in [0.05, 0.1) is 0 Å². The van der Waals surface area contributed by atoms with Crippen molar-refractivity contribution < 1.29 is 14.7 Å². The van der Waals surface area contributed by atoms with Crippen molar-refractivity contribution in [3.8, 4) is 0 Å². The van der Waals surface area contributed by atoms with E-state index in [-0.39, 0.29) is 6.16 Å². The summed E-state index contributed by atoms with van der Waals surface area (Å²) >= 11 is 9.01. The van der Waals surface area contributed by atoms with Gasteiger partial charge in [0.1, 0.15) is 0 Å². The molecule has 0 aliphatic rings. The summed E-state index contributed by atoms with van der Waals surface area (Å²) in [5.41, 5.74) is 0. The molecule has 0 heterocycles. The Morgan fingerprint density at radius 2 is 1.44 bits per heavy atom. The van der Waals surface area contributed by atoms with E-state index in [4.69, 9.17) is 14.7 Å². The molecular formula is C2H6Br3O3P. The van der Waals surface area contributed by atoms with Crippen LogP contribution >= 0.6 is 55.7 Å². The van der Waals surface area contributed by atoms with Crippen molar-refractivity contribution in [1.82, 2.24) is 0 Å². The van der Waals surface area contributed by atoms with Crippen LogP contribution in [0.15, 0.2) is 0 Å². The summed E-state index contributed by atoms with van der Waals surface area (Å²) in [5, 5.41) is 0. The third-order valence-electron chi connectivity index (χ3n) is 0.438. The van der Waals surface area contributed by atoms with Gasteiger partial charge in [-0.1, -0.05) is 0 Å². The average Bonchev–Trinajstić information content (AvgIpc) is 1.14. The van der Waals surface area contributed by atoms with Gasteiger partial charge in [0.25, 0.3) is 0 Å². The first-order chi connectivity index (χ1) is 3.71. The fourth-order valence-electron chi connectivity index (χ4n) is 0.269.